The maximum Gasteiger partial charge on any atom is 0.254 e. The molecule has 0 saturated carbocycles. The summed E-state index contributed by atoms with van der Waals surface area (Å²) in [6.45, 7) is 5.98. The topological polar surface area (TPSA) is 75.8 Å². The van der Waals surface area contributed by atoms with E-state index in [2.05, 4.69) is 13.8 Å². The maximum atomic E-state index is 12.5. The van der Waals surface area contributed by atoms with Crippen LogP contribution in [-0.4, -0.2) is 42.7 Å². The zero-order valence-corrected chi connectivity index (χ0v) is 12.4. The third-order valence-electron chi connectivity index (χ3n) is 2.93. The summed E-state index contributed by atoms with van der Waals surface area (Å²) in [6, 6.07) is 4.70. The zero-order valence-electron chi connectivity index (χ0n) is 12.4. The maximum absolute atomic E-state index is 12.5. The molecular formula is C15H24N2O3. The van der Waals surface area contributed by atoms with Gasteiger partial charge in [0.15, 0.2) is 11.5 Å². The molecule has 0 atom stereocenters. The van der Waals surface area contributed by atoms with Gasteiger partial charge in [-0.3, -0.25) is 4.79 Å². The third kappa shape index (κ3) is 4.42. The Morgan fingerprint density at radius 1 is 1.45 bits per heavy atom. The molecule has 112 valence electrons. The van der Waals surface area contributed by atoms with Gasteiger partial charge in [-0.1, -0.05) is 13.8 Å². The summed E-state index contributed by atoms with van der Waals surface area (Å²) < 4.78 is 4.98. The van der Waals surface area contributed by atoms with E-state index in [9.17, 15) is 9.90 Å². The van der Waals surface area contributed by atoms with E-state index in [4.69, 9.17) is 10.5 Å². The van der Waals surface area contributed by atoms with Crippen molar-refractivity contribution in [3.8, 4) is 11.5 Å². The highest BCUT2D eigenvalue weighted by molar-refractivity contribution is 5.94. The molecule has 0 fully saturated rings. The van der Waals surface area contributed by atoms with Crippen LogP contribution < -0.4 is 10.5 Å². The van der Waals surface area contributed by atoms with Crippen molar-refractivity contribution in [3.05, 3.63) is 23.8 Å². The van der Waals surface area contributed by atoms with E-state index in [1.54, 1.807) is 17.0 Å². The van der Waals surface area contributed by atoms with Crippen LogP contribution in [0.15, 0.2) is 18.2 Å². The highest BCUT2D eigenvalue weighted by atomic mass is 16.5. The van der Waals surface area contributed by atoms with Crippen LogP contribution in [0, 0.1) is 5.92 Å². The molecule has 0 aliphatic carbocycles. The minimum atomic E-state index is -0.0925. The van der Waals surface area contributed by atoms with Gasteiger partial charge in [-0.25, -0.2) is 0 Å². The van der Waals surface area contributed by atoms with Gasteiger partial charge in [-0.2, -0.15) is 0 Å². The van der Waals surface area contributed by atoms with Crippen molar-refractivity contribution in [2.75, 3.05) is 26.7 Å². The van der Waals surface area contributed by atoms with Crippen LogP contribution in [0.5, 0.6) is 11.5 Å². The molecule has 0 heterocycles. The number of carbonyl (C=O) groups excluding carboxylic acids is 1. The lowest BCUT2D eigenvalue weighted by atomic mass is 10.1. The lowest BCUT2D eigenvalue weighted by Gasteiger charge is -2.24. The van der Waals surface area contributed by atoms with Crippen LogP contribution in [0.3, 0.4) is 0 Å². The highest BCUT2D eigenvalue weighted by Crippen LogP contribution is 2.26. The van der Waals surface area contributed by atoms with Crippen LogP contribution in [-0.2, 0) is 0 Å². The number of rotatable bonds is 7. The van der Waals surface area contributed by atoms with Gasteiger partial charge in [0, 0.05) is 18.7 Å². The molecule has 1 aromatic carbocycles. The lowest BCUT2D eigenvalue weighted by Crippen LogP contribution is -2.35. The molecule has 3 N–H and O–H groups in total. The zero-order chi connectivity index (χ0) is 15.1. The van der Waals surface area contributed by atoms with Crippen LogP contribution in [0.1, 0.15) is 30.6 Å². The van der Waals surface area contributed by atoms with Crippen molar-refractivity contribution in [3.63, 3.8) is 0 Å². The minimum Gasteiger partial charge on any atom is -0.504 e. The first-order valence-corrected chi connectivity index (χ1v) is 6.86. The number of nitrogens with two attached hydrogens (primary N) is 1. The Labute approximate surface area is 120 Å². The van der Waals surface area contributed by atoms with Crippen molar-refractivity contribution >= 4 is 5.91 Å². The van der Waals surface area contributed by atoms with Crippen LogP contribution in [0.25, 0.3) is 0 Å². The molecule has 20 heavy (non-hydrogen) atoms. The van der Waals surface area contributed by atoms with E-state index in [0.29, 0.717) is 36.9 Å². The molecule has 0 aliphatic heterocycles. The highest BCUT2D eigenvalue weighted by Gasteiger charge is 2.17. The smallest absolute Gasteiger partial charge is 0.254 e. The molecule has 5 nitrogen and oxygen atoms in total. The van der Waals surface area contributed by atoms with Crippen molar-refractivity contribution in [1.82, 2.24) is 4.90 Å². The summed E-state index contributed by atoms with van der Waals surface area (Å²) >= 11 is 0. The first kappa shape index (κ1) is 16.3. The monoisotopic (exact) mass is 280 g/mol. The Kier molecular flexibility index (Phi) is 6.31. The number of benzene rings is 1. The molecule has 0 spiro atoms. The molecule has 0 saturated heterocycles. The molecule has 0 unspecified atom stereocenters. The molecule has 5 heteroatoms. The number of aromatic hydroxyl groups is 1. The Hall–Kier alpha value is -1.75. The van der Waals surface area contributed by atoms with E-state index in [1.165, 1.54) is 13.2 Å². The largest absolute Gasteiger partial charge is 0.504 e. The molecule has 1 rings (SSSR count). The molecule has 1 amide bonds. The van der Waals surface area contributed by atoms with Crippen LogP contribution in [0.2, 0.25) is 0 Å². The average molecular weight is 280 g/mol. The summed E-state index contributed by atoms with van der Waals surface area (Å²) in [4.78, 5) is 14.2. The number of carbonyl (C=O) groups is 1. The summed E-state index contributed by atoms with van der Waals surface area (Å²) in [7, 11) is 1.48. The fraction of sp³-hybridized carbons (Fsp3) is 0.533. The van der Waals surface area contributed by atoms with Gasteiger partial charge < -0.3 is 20.5 Å². The van der Waals surface area contributed by atoms with Gasteiger partial charge in [-0.15, -0.1) is 0 Å². The van der Waals surface area contributed by atoms with Gasteiger partial charge in [0.1, 0.15) is 0 Å². The first-order chi connectivity index (χ1) is 9.49. The molecule has 0 aromatic heterocycles. The second kappa shape index (κ2) is 7.75. The van der Waals surface area contributed by atoms with E-state index in [0.717, 1.165) is 6.42 Å². The normalized spacial score (nSPS) is 10.7. The molecule has 1 aromatic rings. The van der Waals surface area contributed by atoms with Crippen LogP contribution >= 0.6 is 0 Å². The second-order valence-corrected chi connectivity index (χ2v) is 5.17. The van der Waals surface area contributed by atoms with Gasteiger partial charge in [0.2, 0.25) is 0 Å². The molecule has 0 aliphatic rings. The van der Waals surface area contributed by atoms with E-state index < -0.39 is 0 Å². The number of ether oxygens (including phenoxy) is 1. The van der Waals surface area contributed by atoms with Gasteiger partial charge in [0.05, 0.1) is 7.11 Å². The Balaban J connectivity index is 2.90. The van der Waals surface area contributed by atoms with Gasteiger partial charge in [0.25, 0.3) is 5.91 Å². The first-order valence-electron chi connectivity index (χ1n) is 6.86. The molecule has 0 bridgehead atoms. The SMILES string of the molecule is COc1ccc(C(=O)N(CCCN)CC(C)C)cc1O. The third-order valence-corrected chi connectivity index (χ3v) is 2.93. The van der Waals surface area contributed by atoms with Gasteiger partial charge >= 0.3 is 0 Å². The number of phenolic OH excluding ortho intramolecular Hbond substituents is 1. The Morgan fingerprint density at radius 2 is 2.15 bits per heavy atom. The fourth-order valence-electron chi connectivity index (χ4n) is 2.00. The van der Waals surface area contributed by atoms with Crippen molar-refractivity contribution in [2.24, 2.45) is 11.7 Å². The Morgan fingerprint density at radius 3 is 2.65 bits per heavy atom. The number of nitrogens with zero attached hydrogens (tertiary/aromatic N) is 1. The number of amides is 1. The summed E-state index contributed by atoms with van der Waals surface area (Å²) in [5, 5.41) is 9.76. The van der Waals surface area contributed by atoms with Crippen LogP contribution in [0.4, 0.5) is 0 Å². The van der Waals surface area contributed by atoms with Crippen molar-refractivity contribution < 1.29 is 14.6 Å². The van der Waals surface area contributed by atoms with E-state index in [-0.39, 0.29) is 11.7 Å². The molecule has 0 radical (unpaired) electrons. The number of hydrogen-bond acceptors (Lipinski definition) is 4. The van der Waals surface area contributed by atoms with Crippen molar-refractivity contribution in [2.45, 2.75) is 20.3 Å². The number of phenols is 1. The van der Waals surface area contributed by atoms with E-state index in [1.807, 2.05) is 0 Å². The average Bonchev–Trinajstić information content (AvgIpc) is 2.42. The minimum absolute atomic E-state index is 0.0262. The number of methoxy groups -OCH3 is 1. The number of hydrogen-bond donors (Lipinski definition) is 2. The quantitative estimate of drug-likeness (QED) is 0.799. The standard InChI is InChI=1S/C15H24N2O3/c1-11(2)10-17(8-4-7-16)15(19)12-5-6-14(20-3)13(18)9-12/h5-6,9,11,18H,4,7-8,10,16H2,1-3H3. The lowest BCUT2D eigenvalue weighted by molar-refractivity contribution is 0.0734. The van der Waals surface area contributed by atoms with Crippen molar-refractivity contribution in [1.29, 1.82) is 0 Å². The predicted octanol–water partition coefficient (Wildman–Crippen LogP) is 1.85. The Bertz CT molecular complexity index is 447. The summed E-state index contributed by atoms with van der Waals surface area (Å²) in [5.74, 6) is 0.620. The molecular weight excluding hydrogens is 256 g/mol. The summed E-state index contributed by atoms with van der Waals surface area (Å²) in [6.07, 6.45) is 0.764. The van der Waals surface area contributed by atoms with E-state index >= 15 is 0 Å². The van der Waals surface area contributed by atoms with Gasteiger partial charge in [-0.05, 0) is 37.1 Å². The summed E-state index contributed by atoms with van der Waals surface area (Å²) in [5.41, 5.74) is 5.97. The second-order valence-electron chi connectivity index (χ2n) is 5.17. The fourth-order valence-corrected chi connectivity index (χ4v) is 2.00. The predicted molar refractivity (Wildman–Crippen MR) is 79.1 cm³/mol.